The summed E-state index contributed by atoms with van der Waals surface area (Å²) in [5.41, 5.74) is 0.197. The number of carboxylic acid groups (broad SMARTS) is 1. The Balaban J connectivity index is 2.61. The van der Waals surface area contributed by atoms with E-state index >= 15 is 0 Å². The van der Waals surface area contributed by atoms with Gasteiger partial charge in [0, 0.05) is 4.47 Å². The SMILES string of the molecule is CCCCCCC(C)Oc1cccc(Br)c1C(=O)O. The molecule has 0 spiro atoms. The summed E-state index contributed by atoms with van der Waals surface area (Å²) in [5, 5.41) is 9.20. The largest absolute Gasteiger partial charge is 0.490 e. The molecule has 1 unspecified atom stereocenters. The molecule has 0 saturated carbocycles. The van der Waals surface area contributed by atoms with Crippen LogP contribution in [0.2, 0.25) is 0 Å². The standard InChI is InChI=1S/C15H21BrO3/c1-3-4-5-6-8-11(2)19-13-10-7-9-12(16)14(13)15(17)18/h7,9-11H,3-6,8H2,1-2H3,(H,17,18). The van der Waals surface area contributed by atoms with Crippen molar-refractivity contribution in [1.29, 1.82) is 0 Å². The Morgan fingerprint density at radius 2 is 2.11 bits per heavy atom. The van der Waals surface area contributed by atoms with Crippen molar-refractivity contribution in [3.8, 4) is 5.75 Å². The molecule has 106 valence electrons. The van der Waals surface area contributed by atoms with Crippen LogP contribution in [-0.4, -0.2) is 17.2 Å². The lowest BCUT2D eigenvalue weighted by Gasteiger charge is -2.16. The first kappa shape index (κ1) is 16.0. The van der Waals surface area contributed by atoms with Gasteiger partial charge in [0.1, 0.15) is 11.3 Å². The van der Waals surface area contributed by atoms with Crippen LogP contribution in [0.4, 0.5) is 0 Å². The summed E-state index contributed by atoms with van der Waals surface area (Å²) in [6.45, 7) is 4.17. The van der Waals surface area contributed by atoms with Gasteiger partial charge in [0.05, 0.1) is 6.10 Å². The van der Waals surface area contributed by atoms with Crippen LogP contribution < -0.4 is 4.74 Å². The third-order valence-electron chi connectivity index (χ3n) is 2.98. The van der Waals surface area contributed by atoms with Crippen molar-refractivity contribution in [1.82, 2.24) is 0 Å². The fourth-order valence-electron chi connectivity index (χ4n) is 1.94. The van der Waals surface area contributed by atoms with Crippen molar-refractivity contribution in [2.45, 2.75) is 52.1 Å². The van der Waals surface area contributed by atoms with E-state index in [4.69, 9.17) is 4.74 Å². The van der Waals surface area contributed by atoms with Gasteiger partial charge in [-0.1, -0.05) is 32.3 Å². The first-order valence-corrected chi connectivity index (χ1v) is 7.54. The number of aromatic carboxylic acids is 1. The summed E-state index contributed by atoms with van der Waals surface area (Å²) in [7, 11) is 0. The Morgan fingerprint density at radius 3 is 2.74 bits per heavy atom. The maximum atomic E-state index is 11.2. The van der Waals surface area contributed by atoms with Gasteiger partial charge < -0.3 is 9.84 Å². The number of hydrogen-bond donors (Lipinski definition) is 1. The lowest BCUT2D eigenvalue weighted by molar-refractivity contribution is 0.0688. The topological polar surface area (TPSA) is 46.5 Å². The molecule has 1 aromatic carbocycles. The number of hydrogen-bond acceptors (Lipinski definition) is 2. The van der Waals surface area contributed by atoms with E-state index in [1.807, 2.05) is 6.92 Å². The normalized spacial score (nSPS) is 12.2. The van der Waals surface area contributed by atoms with E-state index in [1.165, 1.54) is 19.3 Å². The van der Waals surface area contributed by atoms with E-state index in [9.17, 15) is 9.90 Å². The second-order valence-corrected chi connectivity index (χ2v) is 5.55. The molecule has 3 nitrogen and oxygen atoms in total. The van der Waals surface area contributed by atoms with Crippen LogP contribution in [0.1, 0.15) is 56.3 Å². The lowest BCUT2D eigenvalue weighted by Crippen LogP contribution is -2.14. The molecule has 0 aromatic heterocycles. The van der Waals surface area contributed by atoms with E-state index in [0.29, 0.717) is 10.2 Å². The molecule has 0 amide bonds. The molecule has 1 rings (SSSR count). The maximum absolute atomic E-state index is 11.2. The summed E-state index contributed by atoms with van der Waals surface area (Å²) < 4.78 is 6.31. The van der Waals surface area contributed by atoms with Crippen LogP contribution in [-0.2, 0) is 0 Å². The van der Waals surface area contributed by atoms with Crippen LogP contribution in [0, 0.1) is 0 Å². The highest BCUT2D eigenvalue weighted by Crippen LogP contribution is 2.28. The number of carbonyl (C=O) groups is 1. The number of benzene rings is 1. The van der Waals surface area contributed by atoms with Crippen molar-refractivity contribution < 1.29 is 14.6 Å². The Labute approximate surface area is 123 Å². The Kier molecular flexibility index (Phi) is 6.92. The summed E-state index contributed by atoms with van der Waals surface area (Å²) in [6.07, 6.45) is 5.75. The monoisotopic (exact) mass is 328 g/mol. The van der Waals surface area contributed by atoms with Gasteiger partial charge in [0.2, 0.25) is 0 Å². The van der Waals surface area contributed by atoms with Crippen molar-refractivity contribution in [3.05, 3.63) is 28.2 Å². The molecule has 0 fully saturated rings. The first-order chi connectivity index (χ1) is 9.06. The van der Waals surface area contributed by atoms with Gasteiger partial charge in [0.15, 0.2) is 0 Å². The van der Waals surface area contributed by atoms with Gasteiger partial charge in [-0.15, -0.1) is 0 Å². The van der Waals surface area contributed by atoms with Crippen LogP contribution in [0.3, 0.4) is 0 Å². The number of rotatable bonds is 8. The Bertz CT molecular complexity index is 418. The Hall–Kier alpha value is -1.03. The molecule has 1 atom stereocenters. The first-order valence-electron chi connectivity index (χ1n) is 6.74. The average molecular weight is 329 g/mol. The van der Waals surface area contributed by atoms with Gasteiger partial charge in [-0.05, 0) is 47.8 Å². The molecular weight excluding hydrogens is 308 g/mol. The zero-order valence-electron chi connectivity index (χ0n) is 11.5. The third-order valence-corrected chi connectivity index (χ3v) is 3.64. The maximum Gasteiger partial charge on any atom is 0.340 e. The fourth-order valence-corrected chi connectivity index (χ4v) is 2.46. The number of unbranched alkanes of at least 4 members (excludes halogenated alkanes) is 3. The van der Waals surface area contributed by atoms with Gasteiger partial charge >= 0.3 is 5.97 Å². The fraction of sp³-hybridized carbons (Fsp3) is 0.533. The van der Waals surface area contributed by atoms with Crippen molar-refractivity contribution >= 4 is 21.9 Å². The second kappa shape index (κ2) is 8.20. The zero-order chi connectivity index (χ0) is 14.3. The van der Waals surface area contributed by atoms with Crippen molar-refractivity contribution in [3.63, 3.8) is 0 Å². The molecule has 0 saturated heterocycles. The minimum atomic E-state index is -0.972. The van der Waals surface area contributed by atoms with E-state index in [-0.39, 0.29) is 11.7 Å². The molecule has 4 heteroatoms. The molecule has 1 aromatic rings. The van der Waals surface area contributed by atoms with Gasteiger partial charge in [-0.25, -0.2) is 4.79 Å². The molecule has 0 aliphatic rings. The minimum Gasteiger partial charge on any atom is -0.490 e. The van der Waals surface area contributed by atoms with Crippen molar-refractivity contribution in [2.24, 2.45) is 0 Å². The number of ether oxygens (including phenoxy) is 1. The smallest absolute Gasteiger partial charge is 0.340 e. The van der Waals surface area contributed by atoms with E-state index in [1.54, 1.807) is 18.2 Å². The summed E-state index contributed by atoms with van der Waals surface area (Å²) in [6, 6.07) is 5.20. The summed E-state index contributed by atoms with van der Waals surface area (Å²) >= 11 is 3.25. The molecular formula is C15H21BrO3. The summed E-state index contributed by atoms with van der Waals surface area (Å²) in [4.78, 5) is 11.2. The van der Waals surface area contributed by atoms with Crippen LogP contribution in [0.15, 0.2) is 22.7 Å². The predicted octanol–water partition coefficient (Wildman–Crippen LogP) is 4.89. The van der Waals surface area contributed by atoms with E-state index in [2.05, 4.69) is 22.9 Å². The molecule has 0 radical (unpaired) electrons. The van der Waals surface area contributed by atoms with E-state index < -0.39 is 5.97 Å². The van der Waals surface area contributed by atoms with Crippen molar-refractivity contribution in [2.75, 3.05) is 0 Å². The van der Waals surface area contributed by atoms with E-state index in [0.717, 1.165) is 12.8 Å². The Morgan fingerprint density at radius 1 is 1.37 bits per heavy atom. The molecule has 0 aliphatic heterocycles. The zero-order valence-corrected chi connectivity index (χ0v) is 13.1. The summed E-state index contributed by atoms with van der Waals surface area (Å²) in [5.74, 6) is -0.537. The van der Waals surface area contributed by atoms with Crippen LogP contribution in [0.5, 0.6) is 5.75 Å². The number of carboxylic acids is 1. The highest BCUT2D eigenvalue weighted by molar-refractivity contribution is 9.10. The average Bonchev–Trinajstić information content (AvgIpc) is 2.34. The molecule has 0 bridgehead atoms. The highest BCUT2D eigenvalue weighted by atomic mass is 79.9. The lowest BCUT2D eigenvalue weighted by atomic mass is 10.1. The van der Waals surface area contributed by atoms with Gasteiger partial charge in [0.25, 0.3) is 0 Å². The van der Waals surface area contributed by atoms with Crippen LogP contribution in [0.25, 0.3) is 0 Å². The number of halogens is 1. The quantitative estimate of drug-likeness (QED) is 0.691. The molecule has 0 heterocycles. The molecule has 0 aliphatic carbocycles. The highest BCUT2D eigenvalue weighted by Gasteiger charge is 2.16. The molecule has 1 N–H and O–H groups in total. The predicted molar refractivity (Wildman–Crippen MR) is 80.0 cm³/mol. The van der Waals surface area contributed by atoms with Gasteiger partial charge in [-0.2, -0.15) is 0 Å². The van der Waals surface area contributed by atoms with Gasteiger partial charge in [-0.3, -0.25) is 0 Å². The third kappa shape index (κ3) is 5.23. The minimum absolute atomic E-state index is 0.0317. The second-order valence-electron chi connectivity index (χ2n) is 4.70. The molecule has 19 heavy (non-hydrogen) atoms. The van der Waals surface area contributed by atoms with Crippen LogP contribution >= 0.6 is 15.9 Å².